The highest BCUT2D eigenvalue weighted by atomic mass is 16.7. The van der Waals surface area contributed by atoms with Crippen molar-refractivity contribution in [2.45, 2.75) is 112 Å². The van der Waals surface area contributed by atoms with Crippen LogP contribution in [0.5, 0.6) is 23.0 Å². The van der Waals surface area contributed by atoms with E-state index in [1.807, 2.05) is 70.2 Å². The number of fused-ring (bicyclic) bond motifs is 14. The van der Waals surface area contributed by atoms with Crippen LogP contribution in [0.3, 0.4) is 0 Å². The van der Waals surface area contributed by atoms with Gasteiger partial charge in [0.15, 0.2) is 11.4 Å². The number of methoxy groups -OCH3 is 1. The molecule has 7 atom stereocenters. The van der Waals surface area contributed by atoms with Crippen molar-refractivity contribution in [3.05, 3.63) is 106 Å². The first-order valence-corrected chi connectivity index (χ1v) is 26.4. The van der Waals surface area contributed by atoms with Gasteiger partial charge < -0.3 is 60.3 Å². The van der Waals surface area contributed by atoms with Gasteiger partial charge in [0, 0.05) is 75.2 Å². The van der Waals surface area contributed by atoms with E-state index in [1.54, 1.807) is 39.2 Å². The Morgan fingerprint density at radius 2 is 1.66 bits per heavy atom. The number of esters is 1. The van der Waals surface area contributed by atoms with Gasteiger partial charge in [0.25, 0.3) is 11.7 Å². The Morgan fingerprint density at radius 3 is 2.35 bits per heavy atom. The van der Waals surface area contributed by atoms with Crippen molar-refractivity contribution in [1.29, 1.82) is 0 Å². The van der Waals surface area contributed by atoms with Gasteiger partial charge in [-0.3, -0.25) is 24.4 Å². The van der Waals surface area contributed by atoms with Crippen LogP contribution in [0.4, 0.5) is 5.69 Å². The van der Waals surface area contributed by atoms with Crippen molar-refractivity contribution in [1.82, 2.24) is 9.91 Å². The number of hydrogen-bond donors (Lipinski definition) is 7. The molecule has 0 aliphatic carbocycles. The molecule has 4 aromatic rings. The zero-order chi connectivity index (χ0) is 56.3. The lowest BCUT2D eigenvalue weighted by atomic mass is 9.80. The molecule has 9 rings (SSSR count). The molecular weight excluding hydrogens is 983 g/mol. The highest BCUT2D eigenvalue weighted by Crippen LogP contribution is 2.50. The van der Waals surface area contributed by atoms with E-state index in [0.29, 0.717) is 55.1 Å². The maximum atomic E-state index is 14.9. The van der Waals surface area contributed by atoms with Crippen molar-refractivity contribution in [3.63, 3.8) is 0 Å². The van der Waals surface area contributed by atoms with E-state index in [4.69, 9.17) is 45.6 Å². The number of piperidine rings is 1. The Morgan fingerprint density at radius 1 is 0.987 bits per heavy atom. The summed E-state index contributed by atoms with van der Waals surface area (Å²) in [5.41, 5.74) is 7.09. The highest BCUT2D eigenvalue weighted by molar-refractivity contribution is 6.19. The monoisotopic (exact) mass is 1060 g/mol. The lowest BCUT2D eigenvalue weighted by Crippen LogP contribution is -2.43. The molecule has 0 aromatic heterocycles. The summed E-state index contributed by atoms with van der Waals surface area (Å²) in [4.78, 5) is 55.5. The molecule has 4 aromatic carbocycles. The normalized spacial score (nSPS) is 26.3. The summed E-state index contributed by atoms with van der Waals surface area (Å²) in [6.45, 7) is 18.7. The van der Waals surface area contributed by atoms with Crippen LogP contribution in [0, 0.1) is 36.5 Å². The second-order valence-corrected chi connectivity index (χ2v) is 21.7. The molecule has 1 amide bonds. The summed E-state index contributed by atoms with van der Waals surface area (Å²) < 4.78 is 24.1. The van der Waals surface area contributed by atoms with Crippen LogP contribution in [0.1, 0.15) is 103 Å². The number of nitrogens with zero attached hydrogens (tertiary/aromatic N) is 4. The topological polar surface area (TPSA) is 264 Å². The van der Waals surface area contributed by atoms with E-state index in [1.165, 1.54) is 24.4 Å². The second-order valence-electron chi connectivity index (χ2n) is 21.7. The predicted molar refractivity (Wildman–Crippen MR) is 296 cm³/mol. The van der Waals surface area contributed by atoms with E-state index >= 15 is 0 Å². The van der Waals surface area contributed by atoms with Crippen molar-refractivity contribution in [2.24, 2.45) is 51.2 Å². The van der Waals surface area contributed by atoms with Gasteiger partial charge >= 0.3 is 11.8 Å². The first-order chi connectivity index (χ1) is 36.5. The molecule has 1 saturated heterocycles. The third-order valence-electron chi connectivity index (χ3n) is 15.2. The standard InChI is InChI=1S/C58H73N7O10.CH4O/c1-31(2)28-64-22-20-58(21-23-64)62-47-44-45-51(68)37(8)54-46(44)55(70)57(9,75-54)73-24-12-15-33(4)53(74-43(66)30-65(60)29-42(59)40-17-16-39-27-41(72-10)19-18-38(39)26-40)36(7)50(67)35(6)25-32(3)13-11-14-34(5)56(71)61-49(52(45)69)48(47)63-58;1-2/h11-14,16-19,24,26-27,29,31-33,35-36,50,53,67-69H,15,20-23,25,28,30,59-60H2,1-10H3,(H,61,71);2H,1H3/b13-11+,24-12+,34-14-,42-29-;/t32?,33-,35-,36-,50?,53?,57?;/m1./s1. The molecule has 0 saturated carbocycles. The molecule has 0 radical (unpaired) electrons. The SMILES string of the molecule is CO.COc1ccc2cc(/C(N)=C/N(N)CC(=O)OC3[C@H](C)C(O)[C@H](C)CC(C)/C=C/C=C(/C)C(=O)Nc4c(O)c5c(O)c(C)c6c(c5c5c4=NC4(CCN(CC(C)C)CC4)N=5)C(=O)C(C)(O/C=C/C[C@H]3C)O6)ccc2c1. The summed E-state index contributed by atoms with van der Waals surface area (Å²) in [7, 11) is 2.61. The number of anilines is 1. The molecule has 5 aliphatic rings. The molecule has 4 unspecified atom stereocenters. The number of nitrogens with one attached hydrogen (secondary N) is 1. The van der Waals surface area contributed by atoms with Crippen molar-refractivity contribution >= 4 is 50.6 Å². The average Bonchev–Trinajstić information content (AvgIpc) is 4.05. The predicted octanol–water partition coefficient (Wildman–Crippen LogP) is 7.04. The minimum absolute atomic E-state index is 0.0219. The number of ketones is 1. The Kier molecular flexibility index (Phi) is 17.8. The fourth-order valence-electron chi connectivity index (χ4n) is 11.0. The molecule has 5 bridgehead atoms. The number of phenolic OH excluding ortho intramolecular Hbond substituents is 2. The molecule has 77 heavy (non-hydrogen) atoms. The Hall–Kier alpha value is -6.99. The fourth-order valence-corrected chi connectivity index (χ4v) is 11.0. The van der Waals surface area contributed by atoms with E-state index in [2.05, 4.69) is 24.1 Å². The number of hydrazine groups is 1. The number of amides is 1. The number of likely N-dealkylation sites (tertiary alicyclic amines) is 1. The van der Waals surface area contributed by atoms with Gasteiger partial charge in [-0.1, -0.05) is 78.0 Å². The lowest BCUT2D eigenvalue weighted by Gasteiger charge is -2.36. The number of allylic oxidation sites excluding steroid dienone is 4. The number of carbonyl (C=O) groups excluding carboxylic acids is 3. The van der Waals surface area contributed by atoms with Crippen LogP contribution >= 0.6 is 0 Å². The number of Topliss-reactive ketones (excluding diaryl/α,β-unsaturated/α-hetero) is 1. The third-order valence-corrected chi connectivity index (χ3v) is 15.2. The van der Waals surface area contributed by atoms with Gasteiger partial charge in [0.1, 0.15) is 40.9 Å². The quantitative estimate of drug-likeness (QED) is 0.0404. The first kappa shape index (κ1) is 57.7. The van der Waals surface area contributed by atoms with E-state index < -0.39 is 53.0 Å². The van der Waals surface area contributed by atoms with Gasteiger partial charge in [-0.25, -0.2) is 5.84 Å². The van der Waals surface area contributed by atoms with Crippen LogP contribution in [0.15, 0.2) is 88.7 Å². The number of carbonyl (C=O) groups is 3. The van der Waals surface area contributed by atoms with E-state index in [0.717, 1.165) is 30.2 Å². The molecular formula is C59H77N7O11. The zero-order valence-corrected chi connectivity index (χ0v) is 46.2. The van der Waals surface area contributed by atoms with Crippen LogP contribution in [0.25, 0.3) is 27.2 Å². The van der Waals surface area contributed by atoms with Crippen molar-refractivity contribution < 1.29 is 53.8 Å². The molecule has 414 valence electrons. The van der Waals surface area contributed by atoms with Crippen LogP contribution in [-0.4, -0.2) is 112 Å². The van der Waals surface area contributed by atoms with Crippen molar-refractivity contribution in [2.75, 3.05) is 45.7 Å². The number of hydrogen-bond acceptors (Lipinski definition) is 17. The summed E-state index contributed by atoms with van der Waals surface area (Å²) >= 11 is 0. The Bertz CT molecular complexity index is 3160. The number of aliphatic hydroxyl groups is 2. The number of aliphatic hydroxyl groups excluding tert-OH is 2. The fraction of sp³-hybridized carbons (Fsp3) is 0.475. The minimum Gasteiger partial charge on any atom is -0.507 e. The molecule has 18 nitrogen and oxygen atoms in total. The van der Waals surface area contributed by atoms with Gasteiger partial charge in [-0.15, -0.1) is 0 Å². The number of ether oxygens (including phenoxy) is 4. The number of aromatic hydroxyl groups is 2. The number of rotatable bonds is 8. The zero-order valence-electron chi connectivity index (χ0n) is 46.2. The lowest BCUT2D eigenvalue weighted by molar-refractivity contribution is -0.159. The summed E-state index contributed by atoms with van der Waals surface area (Å²) in [5.74, 6) is 1.88. The van der Waals surface area contributed by atoms with Crippen LogP contribution in [0.2, 0.25) is 0 Å². The maximum Gasteiger partial charge on any atom is 0.327 e. The Labute approximate surface area is 450 Å². The highest BCUT2D eigenvalue weighted by Gasteiger charge is 2.50. The number of benzene rings is 4. The molecule has 1 fully saturated rings. The molecule has 1 spiro atoms. The second kappa shape index (κ2) is 23.7. The van der Waals surface area contributed by atoms with E-state index in [9.17, 15) is 29.7 Å². The molecule has 5 aliphatic heterocycles. The average molecular weight is 1060 g/mol. The Balaban J connectivity index is 0.00000426. The van der Waals surface area contributed by atoms with Crippen molar-refractivity contribution in [3.8, 4) is 23.0 Å². The summed E-state index contributed by atoms with van der Waals surface area (Å²) in [5, 5.41) is 49.6. The minimum atomic E-state index is -1.93. The molecule has 18 heteroatoms. The summed E-state index contributed by atoms with van der Waals surface area (Å²) in [6, 6.07) is 11.4. The van der Waals surface area contributed by atoms with Crippen LogP contribution in [-0.2, 0) is 19.1 Å². The third kappa shape index (κ3) is 12.1. The molecule has 9 N–H and O–H groups in total. The van der Waals surface area contributed by atoms with Gasteiger partial charge in [0.2, 0.25) is 0 Å². The number of nitrogens with two attached hydrogens (primary N) is 2. The first-order valence-electron chi connectivity index (χ1n) is 26.4. The molecule has 5 heterocycles. The van der Waals surface area contributed by atoms with Gasteiger partial charge in [0.05, 0.1) is 41.5 Å². The largest absolute Gasteiger partial charge is 0.507 e. The van der Waals surface area contributed by atoms with Gasteiger partial charge in [-0.2, -0.15) is 0 Å². The number of phenols is 2. The smallest absolute Gasteiger partial charge is 0.327 e. The summed E-state index contributed by atoms with van der Waals surface area (Å²) in [6.07, 6.45) is 10.1. The van der Waals surface area contributed by atoms with E-state index in [-0.39, 0.29) is 80.5 Å². The van der Waals surface area contributed by atoms with Gasteiger partial charge in [-0.05, 0) is 91.0 Å². The maximum absolute atomic E-state index is 14.9. The van der Waals surface area contributed by atoms with Crippen LogP contribution < -0.4 is 37.1 Å².